The highest BCUT2D eigenvalue weighted by molar-refractivity contribution is 9.10. The highest BCUT2D eigenvalue weighted by atomic mass is 79.9. The smallest absolute Gasteiger partial charge is 0.263 e. The van der Waals surface area contributed by atoms with Crippen LogP contribution in [0, 0.1) is 0 Å². The predicted octanol–water partition coefficient (Wildman–Crippen LogP) is 3.05. The third kappa shape index (κ3) is 6.28. The fourth-order valence-corrected chi connectivity index (χ4v) is 4.80. The molecule has 0 radical (unpaired) electrons. The Hall–Kier alpha value is -2.96. The van der Waals surface area contributed by atoms with E-state index < -0.39 is 32.5 Å². The number of sulfonamides is 2. The van der Waals surface area contributed by atoms with Gasteiger partial charge in [0.1, 0.15) is 12.4 Å². The number of hydrogen-bond acceptors (Lipinski definition) is 6. The van der Waals surface area contributed by atoms with Gasteiger partial charge in [0.15, 0.2) is 0 Å². The minimum atomic E-state index is -3.85. The average Bonchev–Trinajstić information content (AvgIpc) is 2.73. The Kier molecular flexibility index (Phi) is 7.16. The van der Waals surface area contributed by atoms with Crippen LogP contribution in [0.2, 0.25) is 0 Å². The predicted molar refractivity (Wildman–Crippen MR) is 126 cm³/mol. The topological polar surface area (TPSA) is 126 Å². The van der Waals surface area contributed by atoms with Crippen molar-refractivity contribution in [3.63, 3.8) is 0 Å². The number of rotatable bonds is 8. The summed E-state index contributed by atoms with van der Waals surface area (Å²) in [5.41, 5.74) is 0.656. The SMILES string of the molecule is CS(=O)(=O)N(CC(=O)Nc1ccc(S(=O)(=O)Nc2ccccn2)cc1)c1ccc(Br)cc1. The van der Waals surface area contributed by atoms with Crippen molar-refractivity contribution in [3.8, 4) is 0 Å². The van der Waals surface area contributed by atoms with Crippen molar-refractivity contribution in [2.45, 2.75) is 4.90 Å². The maximum absolute atomic E-state index is 12.5. The van der Waals surface area contributed by atoms with Crippen LogP contribution in [0.4, 0.5) is 17.2 Å². The summed E-state index contributed by atoms with van der Waals surface area (Å²) < 4.78 is 53.3. The van der Waals surface area contributed by atoms with Crippen molar-refractivity contribution in [1.29, 1.82) is 0 Å². The van der Waals surface area contributed by atoms with Gasteiger partial charge < -0.3 is 5.32 Å². The highest BCUT2D eigenvalue weighted by Gasteiger charge is 2.21. The van der Waals surface area contributed by atoms with Gasteiger partial charge in [0.2, 0.25) is 15.9 Å². The van der Waals surface area contributed by atoms with E-state index in [-0.39, 0.29) is 10.7 Å². The molecule has 2 N–H and O–H groups in total. The fraction of sp³-hybridized carbons (Fsp3) is 0.100. The molecule has 3 rings (SSSR count). The number of nitrogens with one attached hydrogen (secondary N) is 2. The molecule has 0 spiro atoms. The van der Waals surface area contributed by atoms with Gasteiger partial charge in [-0.15, -0.1) is 0 Å². The Morgan fingerprint density at radius 1 is 0.969 bits per heavy atom. The standard InChI is InChI=1S/C20H19BrN4O5S2/c1-31(27,28)25(17-9-5-15(21)6-10-17)14-20(26)23-16-7-11-18(12-8-16)32(29,30)24-19-4-2-3-13-22-19/h2-13H,14H2,1H3,(H,22,24)(H,23,26). The minimum absolute atomic E-state index is 0.0197. The molecule has 0 bridgehead atoms. The first-order valence-electron chi connectivity index (χ1n) is 9.12. The second-order valence-electron chi connectivity index (χ2n) is 6.64. The average molecular weight is 539 g/mol. The molecule has 3 aromatic rings. The van der Waals surface area contributed by atoms with Crippen molar-refractivity contribution in [2.24, 2.45) is 0 Å². The molecule has 2 aromatic carbocycles. The number of carbonyl (C=O) groups is 1. The number of amides is 1. The number of carbonyl (C=O) groups excluding carboxylic acids is 1. The number of pyridine rings is 1. The van der Waals surface area contributed by atoms with E-state index in [9.17, 15) is 21.6 Å². The van der Waals surface area contributed by atoms with E-state index in [4.69, 9.17) is 0 Å². The maximum Gasteiger partial charge on any atom is 0.263 e. The fourth-order valence-electron chi connectivity index (χ4n) is 2.68. The second-order valence-corrected chi connectivity index (χ2v) is 11.1. The van der Waals surface area contributed by atoms with E-state index in [1.54, 1.807) is 36.4 Å². The Morgan fingerprint density at radius 2 is 1.62 bits per heavy atom. The lowest BCUT2D eigenvalue weighted by Crippen LogP contribution is -2.37. The lowest BCUT2D eigenvalue weighted by molar-refractivity contribution is -0.114. The Bertz CT molecular complexity index is 1300. The van der Waals surface area contributed by atoms with E-state index in [0.29, 0.717) is 11.4 Å². The summed E-state index contributed by atoms with van der Waals surface area (Å²) >= 11 is 3.28. The lowest BCUT2D eigenvalue weighted by Gasteiger charge is -2.22. The summed E-state index contributed by atoms with van der Waals surface area (Å²) in [4.78, 5) is 16.4. The van der Waals surface area contributed by atoms with Gasteiger partial charge in [0.25, 0.3) is 10.0 Å². The highest BCUT2D eigenvalue weighted by Crippen LogP contribution is 2.21. The van der Waals surface area contributed by atoms with Gasteiger partial charge in [-0.2, -0.15) is 0 Å². The summed E-state index contributed by atoms with van der Waals surface area (Å²) in [6, 6.07) is 16.8. The van der Waals surface area contributed by atoms with Crippen LogP contribution in [0.25, 0.3) is 0 Å². The van der Waals surface area contributed by atoms with Crippen molar-refractivity contribution >= 4 is 59.1 Å². The molecule has 0 saturated carbocycles. The van der Waals surface area contributed by atoms with Gasteiger partial charge in [0.05, 0.1) is 16.8 Å². The van der Waals surface area contributed by atoms with Crippen LogP contribution in [-0.2, 0) is 24.8 Å². The van der Waals surface area contributed by atoms with Gasteiger partial charge in [-0.25, -0.2) is 21.8 Å². The molecule has 32 heavy (non-hydrogen) atoms. The second kappa shape index (κ2) is 9.67. The third-order valence-corrected chi connectivity index (χ3v) is 7.19. The van der Waals surface area contributed by atoms with E-state index in [2.05, 4.69) is 31.0 Å². The number of anilines is 3. The van der Waals surface area contributed by atoms with Crippen molar-refractivity contribution in [3.05, 3.63) is 77.4 Å². The monoisotopic (exact) mass is 538 g/mol. The number of halogens is 1. The first kappa shape index (κ1) is 23.7. The third-order valence-electron chi connectivity index (χ3n) is 4.15. The molecule has 9 nitrogen and oxygen atoms in total. The molecule has 0 fully saturated rings. The Morgan fingerprint density at radius 3 is 2.19 bits per heavy atom. The van der Waals surface area contributed by atoms with Crippen LogP contribution in [0.5, 0.6) is 0 Å². The Labute approximate surface area is 194 Å². The summed E-state index contributed by atoms with van der Waals surface area (Å²) in [6.45, 7) is -0.443. The summed E-state index contributed by atoms with van der Waals surface area (Å²) in [7, 11) is -7.56. The quantitative estimate of drug-likeness (QED) is 0.454. The summed E-state index contributed by atoms with van der Waals surface area (Å²) in [6.07, 6.45) is 2.47. The first-order chi connectivity index (χ1) is 15.0. The van der Waals surface area contributed by atoms with Gasteiger partial charge >= 0.3 is 0 Å². The number of hydrogen-bond donors (Lipinski definition) is 2. The van der Waals surface area contributed by atoms with Crippen LogP contribution >= 0.6 is 15.9 Å². The van der Waals surface area contributed by atoms with Crippen molar-refractivity contribution in [1.82, 2.24) is 4.98 Å². The largest absolute Gasteiger partial charge is 0.325 e. The molecule has 0 aliphatic heterocycles. The molecule has 0 unspecified atom stereocenters. The van der Waals surface area contributed by atoms with Crippen LogP contribution in [0.1, 0.15) is 0 Å². The zero-order valence-electron chi connectivity index (χ0n) is 16.8. The minimum Gasteiger partial charge on any atom is -0.325 e. The maximum atomic E-state index is 12.5. The van der Waals surface area contributed by atoms with E-state index in [1.807, 2.05) is 0 Å². The molecule has 0 saturated heterocycles. The van der Waals surface area contributed by atoms with Crippen LogP contribution in [0.3, 0.4) is 0 Å². The first-order valence-corrected chi connectivity index (χ1v) is 13.2. The molecule has 1 amide bonds. The molecular formula is C20H19BrN4O5S2. The van der Waals surface area contributed by atoms with Gasteiger partial charge in [-0.1, -0.05) is 22.0 Å². The van der Waals surface area contributed by atoms with E-state index >= 15 is 0 Å². The van der Waals surface area contributed by atoms with Crippen LogP contribution < -0.4 is 14.3 Å². The number of nitrogens with zero attached hydrogens (tertiary/aromatic N) is 2. The lowest BCUT2D eigenvalue weighted by atomic mass is 10.3. The molecule has 0 aliphatic carbocycles. The zero-order valence-corrected chi connectivity index (χ0v) is 20.0. The molecule has 168 valence electrons. The van der Waals surface area contributed by atoms with E-state index in [0.717, 1.165) is 15.0 Å². The zero-order chi connectivity index (χ0) is 23.4. The van der Waals surface area contributed by atoms with Gasteiger partial charge in [0, 0.05) is 16.4 Å². The molecule has 0 aliphatic rings. The van der Waals surface area contributed by atoms with Gasteiger partial charge in [-0.05, 0) is 60.7 Å². The molecular weight excluding hydrogens is 520 g/mol. The number of aromatic nitrogens is 1. The van der Waals surface area contributed by atoms with Gasteiger partial charge in [-0.3, -0.25) is 13.8 Å². The molecule has 1 aromatic heterocycles. The van der Waals surface area contributed by atoms with E-state index in [1.165, 1.54) is 36.5 Å². The van der Waals surface area contributed by atoms with Crippen LogP contribution in [0.15, 0.2) is 82.3 Å². The van der Waals surface area contributed by atoms with Crippen molar-refractivity contribution in [2.75, 3.05) is 27.1 Å². The summed E-state index contributed by atoms with van der Waals surface area (Å²) in [5, 5.41) is 2.57. The van der Waals surface area contributed by atoms with Crippen molar-refractivity contribution < 1.29 is 21.6 Å². The molecule has 0 atom stereocenters. The molecule has 1 heterocycles. The van der Waals surface area contributed by atoms with Crippen LogP contribution in [-0.4, -0.2) is 40.5 Å². The molecule has 12 heteroatoms. The number of benzene rings is 2. The Balaban J connectivity index is 1.70. The summed E-state index contributed by atoms with van der Waals surface area (Å²) in [5.74, 6) is -0.403. The normalized spacial score (nSPS) is 11.6.